The SMILES string of the molecule is CCC(O)Cn1nc(-c2cc(CC(=O)O)ccc2OC)cc1-c1ccc(Cl)cc1. The largest absolute Gasteiger partial charge is 0.496 e. The maximum Gasteiger partial charge on any atom is 0.307 e. The Balaban J connectivity index is 2.11. The van der Waals surface area contributed by atoms with Gasteiger partial charge in [0.15, 0.2) is 0 Å². The van der Waals surface area contributed by atoms with Crippen LogP contribution in [0.4, 0.5) is 0 Å². The van der Waals surface area contributed by atoms with E-state index in [0.29, 0.717) is 40.6 Å². The molecule has 2 N–H and O–H groups in total. The van der Waals surface area contributed by atoms with Gasteiger partial charge >= 0.3 is 5.97 Å². The standard InChI is InChI=1S/C22H23ClN2O4/c1-3-17(26)13-25-20(15-5-7-16(23)8-6-15)12-19(24-25)18-10-14(11-22(27)28)4-9-21(18)29-2/h4-10,12,17,26H,3,11,13H2,1-2H3,(H,27,28). The van der Waals surface area contributed by atoms with Crippen molar-refractivity contribution >= 4 is 17.6 Å². The smallest absolute Gasteiger partial charge is 0.307 e. The molecule has 0 fully saturated rings. The second-order valence-electron chi connectivity index (χ2n) is 6.77. The number of carboxylic acids is 1. The zero-order valence-corrected chi connectivity index (χ0v) is 17.1. The lowest BCUT2D eigenvalue weighted by Crippen LogP contribution is -2.16. The number of aliphatic hydroxyl groups excluding tert-OH is 1. The highest BCUT2D eigenvalue weighted by molar-refractivity contribution is 6.30. The van der Waals surface area contributed by atoms with E-state index < -0.39 is 12.1 Å². The monoisotopic (exact) mass is 414 g/mol. The van der Waals surface area contributed by atoms with Gasteiger partial charge in [-0.15, -0.1) is 0 Å². The van der Waals surface area contributed by atoms with Crippen molar-refractivity contribution in [3.05, 3.63) is 59.1 Å². The van der Waals surface area contributed by atoms with Gasteiger partial charge in [0.05, 0.1) is 37.6 Å². The lowest BCUT2D eigenvalue weighted by atomic mass is 10.0. The fourth-order valence-electron chi connectivity index (χ4n) is 3.11. The third-order valence-corrected chi connectivity index (χ3v) is 4.92. The molecule has 1 unspecified atom stereocenters. The first kappa shape index (κ1) is 20.9. The number of halogens is 1. The summed E-state index contributed by atoms with van der Waals surface area (Å²) in [5, 5.41) is 24.6. The molecule has 1 heterocycles. The van der Waals surface area contributed by atoms with E-state index >= 15 is 0 Å². The summed E-state index contributed by atoms with van der Waals surface area (Å²) in [6, 6.07) is 14.6. The molecular formula is C22H23ClN2O4. The van der Waals surface area contributed by atoms with Crippen molar-refractivity contribution in [1.82, 2.24) is 9.78 Å². The molecule has 0 spiro atoms. The molecule has 29 heavy (non-hydrogen) atoms. The van der Waals surface area contributed by atoms with Gasteiger partial charge in [-0.05, 0) is 47.9 Å². The molecule has 6 nitrogen and oxygen atoms in total. The highest BCUT2D eigenvalue weighted by atomic mass is 35.5. The summed E-state index contributed by atoms with van der Waals surface area (Å²) in [5.41, 5.74) is 3.74. The van der Waals surface area contributed by atoms with E-state index in [1.165, 1.54) is 0 Å². The predicted molar refractivity (Wildman–Crippen MR) is 112 cm³/mol. The number of aliphatic hydroxyl groups is 1. The third kappa shape index (κ3) is 4.96. The van der Waals surface area contributed by atoms with Crippen molar-refractivity contribution in [2.24, 2.45) is 0 Å². The molecule has 3 aromatic rings. The van der Waals surface area contributed by atoms with E-state index in [9.17, 15) is 9.90 Å². The molecule has 7 heteroatoms. The third-order valence-electron chi connectivity index (χ3n) is 4.67. The van der Waals surface area contributed by atoms with Crippen molar-refractivity contribution in [2.45, 2.75) is 32.4 Å². The first-order valence-corrected chi connectivity index (χ1v) is 9.70. The van der Waals surface area contributed by atoms with Gasteiger partial charge in [0.2, 0.25) is 0 Å². The van der Waals surface area contributed by atoms with Crippen LogP contribution in [0, 0.1) is 0 Å². The molecule has 1 aromatic heterocycles. The molecular weight excluding hydrogens is 392 g/mol. The van der Waals surface area contributed by atoms with Crippen molar-refractivity contribution in [2.75, 3.05) is 7.11 Å². The topological polar surface area (TPSA) is 84.6 Å². The van der Waals surface area contributed by atoms with Gasteiger partial charge in [0, 0.05) is 10.6 Å². The summed E-state index contributed by atoms with van der Waals surface area (Å²) in [7, 11) is 1.56. The van der Waals surface area contributed by atoms with Crippen LogP contribution in [0.5, 0.6) is 5.75 Å². The molecule has 0 saturated heterocycles. The maximum atomic E-state index is 11.1. The van der Waals surface area contributed by atoms with Crippen molar-refractivity contribution in [3.8, 4) is 28.3 Å². The Morgan fingerprint density at radius 1 is 1.21 bits per heavy atom. The fourth-order valence-corrected chi connectivity index (χ4v) is 3.24. The lowest BCUT2D eigenvalue weighted by Gasteiger charge is -2.11. The van der Waals surface area contributed by atoms with Crippen LogP contribution in [0.2, 0.25) is 5.02 Å². The number of ether oxygens (including phenoxy) is 1. The summed E-state index contributed by atoms with van der Waals surface area (Å²) in [6.45, 7) is 2.25. The Kier molecular flexibility index (Phi) is 6.56. The van der Waals surface area contributed by atoms with Gasteiger partial charge in [0.25, 0.3) is 0 Å². The maximum absolute atomic E-state index is 11.1. The molecule has 0 radical (unpaired) electrons. The Hall–Kier alpha value is -2.83. The Morgan fingerprint density at radius 3 is 2.55 bits per heavy atom. The summed E-state index contributed by atoms with van der Waals surface area (Å²) >= 11 is 6.02. The van der Waals surface area contributed by atoms with Gasteiger partial charge in [-0.1, -0.05) is 36.7 Å². The lowest BCUT2D eigenvalue weighted by molar-refractivity contribution is -0.136. The highest BCUT2D eigenvalue weighted by Gasteiger charge is 2.17. The van der Waals surface area contributed by atoms with Gasteiger partial charge in [-0.25, -0.2) is 0 Å². The van der Waals surface area contributed by atoms with Gasteiger partial charge in [0.1, 0.15) is 5.75 Å². The summed E-state index contributed by atoms with van der Waals surface area (Å²) < 4.78 is 7.23. The van der Waals surface area contributed by atoms with E-state index in [4.69, 9.17) is 26.5 Å². The second-order valence-corrected chi connectivity index (χ2v) is 7.21. The molecule has 3 rings (SSSR count). The molecule has 0 saturated carbocycles. The number of methoxy groups -OCH3 is 1. The van der Waals surface area contributed by atoms with E-state index in [-0.39, 0.29) is 6.42 Å². The molecule has 0 aliphatic rings. The van der Waals surface area contributed by atoms with Crippen LogP contribution in [-0.4, -0.2) is 39.2 Å². The van der Waals surface area contributed by atoms with E-state index in [1.807, 2.05) is 25.1 Å². The average molecular weight is 415 g/mol. The zero-order valence-electron chi connectivity index (χ0n) is 16.3. The Morgan fingerprint density at radius 2 is 1.93 bits per heavy atom. The molecule has 0 amide bonds. The van der Waals surface area contributed by atoms with Crippen molar-refractivity contribution in [3.63, 3.8) is 0 Å². The number of hydrogen-bond donors (Lipinski definition) is 2. The van der Waals surface area contributed by atoms with Crippen LogP contribution in [0.15, 0.2) is 48.5 Å². The quantitative estimate of drug-likeness (QED) is 0.574. The van der Waals surface area contributed by atoms with Crippen LogP contribution in [0.1, 0.15) is 18.9 Å². The van der Waals surface area contributed by atoms with Crippen LogP contribution in [0.25, 0.3) is 22.5 Å². The molecule has 2 aromatic carbocycles. The van der Waals surface area contributed by atoms with Crippen LogP contribution in [0.3, 0.4) is 0 Å². The number of aromatic nitrogens is 2. The van der Waals surface area contributed by atoms with Crippen molar-refractivity contribution < 1.29 is 19.7 Å². The van der Waals surface area contributed by atoms with Gasteiger partial charge in [-0.3, -0.25) is 9.48 Å². The molecule has 1 atom stereocenters. The highest BCUT2D eigenvalue weighted by Crippen LogP contribution is 2.33. The Bertz CT molecular complexity index is 999. The van der Waals surface area contributed by atoms with Crippen LogP contribution in [-0.2, 0) is 17.8 Å². The molecule has 0 bridgehead atoms. The molecule has 0 aliphatic heterocycles. The number of carboxylic acid groups (broad SMARTS) is 1. The van der Waals surface area contributed by atoms with E-state index in [0.717, 1.165) is 11.3 Å². The number of nitrogens with zero attached hydrogens (tertiary/aromatic N) is 2. The minimum absolute atomic E-state index is 0.0870. The minimum Gasteiger partial charge on any atom is -0.496 e. The normalized spacial score (nSPS) is 12.0. The first-order chi connectivity index (χ1) is 13.9. The average Bonchev–Trinajstić information content (AvgIpc) is 3.11. The van der Waals surface area contributed by atoms with Crippen molar-refractivity contribution in [1.29, 1.82) is 0 Å². The van der Waals surface area contributed by atoms with Gasteiger partial charge < -0.3 is 14.9 Å². The summed E-state index contributed by atoms with van der Waals surface area (Å²) in [4.78, 5) is 11.1. The number of benzene rings is 2. The van der Waals surface area contributed by atoms with E-state index in [1.54, 1.807) is 42.1 Å². The molecule has 0 aliphatic carbocycles. The van der Waals surface area contributed by atoms with Gasteiger partial charge in [-0.2, -0.15) is 5.10 Å². The van der Waals surface area contributed by atoms with Crippen LogP contribution < -0.4 is 4.74 Å². The van der Waals surface area contributed by atoms with E-state index in [2.05, 4.69) is 0 Å². The predicted octanol–water partition coefficient (Wildman–Crippen LogP) is 4.28. The minimum atomic E-state index is -0.903. The summed E-state index contributed by atoms with van der Waals surface area (Å²) in [6.07, 6.45) is -0.0165. The zero-order chi connectivity index (χ0) is 21.0. The van der Waals surface area contributed by atoms with Crippen LogP contribution >= 0.6 is 11.6 Å². The Labute approximate surface area is 174 Å². The first-order valence-electron chi connectivity index (χ1n) is 9.32. The number of hydrogen-bond acceptors (Lipinski definition) is 4. The fraction of sp³-hybridized carbons (Fsp3) is 0.273. The molecule has 152 valence electrons. The number of aliphatic carboxylic acids is 1. The number of carbonyl (C=O) groups is 1. The second kappa shape index (κ2) is 9.11. The summed E-state index contributed by atoms with van der Waals surface area (Å²) in [5.74, 6) is -0.304. The number of rotatable bonds is 8.